The van der Waals surface area contributed by atoms with E-state index in [-0.39, 0.29) is 18.1 Å². The van der Waals surface area contributed by atoms with E-state index in [2.05, 4.69) is 25.8 Å². The highest BCUT2D eigenvalue weighted by Crippen LogP contribution is 2.68. The molecule has 4 aliphatic rings. The van der Waals surface area contributed by atoms with Gasteiger partial charge in [-0.3, -0.25) is 0 Å². The number of pyridine rings is 1. The van der Waals surface area contributed by atoms with Crippen LogP contribution in [0.25, 0.3) is 0 Å². The van der Waals surface area contributed by atoms with Crippen LogP contribution in [0.5, 0.6) is 5.88 Å². The van der Waals surface area contributed by atoms with Crippen LogP contribution in [0, 0.1) is 40.4 Å². The predicted octanol–water partition coefficient (Wildman–Crippen LogP) is 5.50. The summed E-state index contributed by atoms with van der Waals surface area (Å²) in [5.41, 5.74) is 2.69. The maximum Gasteiger partial charge on any atom is 0.218 e. The van der Waals surface area contributed by atoms with Crippen molar-refractivity contribution >= 4 is 0 Å². The summed E-state index contributed by atoms with van der Waals surface area (Å²) >= 11 is 0. The van der Waals surface area contributed by atoms with E-state index in [4.69, 9.17) is 9.47 Å². The summed E-state index contributed by atoms with van der Waals surface area (Å²) in [6.07, 6.45) is 10.5. The maximum atomic E-state index is 10.4. The number of methoxy groups -OCH3 is 1. The van der Waals surface area contributed by atoms with Crippen LogP contribution in [-0.4, -0.2) is 35.0 Å². The molecule has 1 aromatic heterocycles. The molecular weight excluding hydrogens is 426 g/mol. The molecule has 0 aromatic carbocycles. The average molecular weight is 470 g/mol. The Labute approximate surface area is 205 Å². The first kappa shape index (κ1) is 24.1. The molecule has 3 fully saturated rings. The van der Waals surface area contributed by atoms with Crippen molar-refractivity contribution in [2.75, 3.05) is 13.7 Å². The molecule has 0 bridgehead atoms. The fourth-order valence-electron chi connectivity index (χ4n) is 8.91. The van der Waals surface area contributed by atoms with Crippen molar-refractivity contribution in [3.8, 4) is 5.88 Å². The topological polar surface area (TPSA) is 71.8 Å². The summed E-state index contributed by atoms with van der Waals surface area (Å²) in [5.74, 6) is 4.93. The van der Waals surface area contributed by atoms with E-state index in [1.54, 1.807) is 6.20 Å². The smallest absolute Gasteiger partial charge is 0.218 e. The quantitative estimate of drug-likeness (QED) is 0.575. The minimum Gasteiger partial charge on any atom is -0.501 e. The monoisotopic (exact) mass is 469 g/mol. The number of ether oxygens (including phenoxy) is 2. The van der Waals surface area contributed by atoms with Gasteiger partial charge < -0.3 is 19.7 Å². The molecule has 0 amide bonds. The Kier molecular flexibility index (Phi) is 6.48. The van der Waals surface area contributed by atoms with E-state index in [9.17, 15) is 10.2 Å². The van der Waals surface area contributed by atoms with E-state index >= 15 is 0 Å². The lowest BCUT2D eigenvalue weighted by Gasteiger charge is -2.59. The molecule has 34 heavy (non-hydrogen) atoms. The molecule has 0 saturated heterocycles. The van der Waals surface area contributed by atoms with Crippen LogP contribution in [0.3, 0.4) is 0 Å². The molecule has 5 nitrogen and oxygen atoms in total. The number of fused-ring (bicyclic) bond motifs is 5. The normalized spacial score (nSPS) is 40.2. The second-order valence-corrected chi connectivity index (χ2v) is 12.1. The Morgan fingerprint density at radius 3 is 2.71 bits per heavy atom. The molecule has 1 heterocycles. The largest absolute Gasteiger partial charge is 0.501 e. The molecule has 0 aliphatic heterocycles. The van der Waals surface area contributed by atoms with Gasteiger partial charge in [-0.25, -0.2) is 4.98 Å². The zero-order valence-corrected chi connectivity index (χ0v) is 21.4. The minimum absolute atomic E-state index is 0.0447. The second kappa shape index (κ2) is 9.13. The number of aromatic nitrogens is 1. The highest BCUT2D eigenvalue weighted by molar-refractivity contribution is 5.29. The average Bonchev–Trinajstić information content (AvgIpc) is 3.20. The molecule has 8 atom stereocenters. The van der Waals surface area contributed by atoms with Gasteiger partial charge in [0.2, 0.25) is 5.88 Å². The van der Waals surface area contributed by atoms with Crippen molar-refractivity contribution in [3.05, 3.63) is 35.2 Å². The van der Waals surface area contributed by atoms with Crippen LogP contribution in [0.4, 0.5) is 0 Å². The van der Waals surface area contributed by atoms with Crippen molar-refractivity contribution in [3.63, 3.8) is 0 Å². The van der Waals surface area contributed by atoms with Crippen LogP contribution < -0.4 is 4.74 Å². The Balaban J connectivity index is 1.35. The summed E-state index contributed by atoms with van der Waals surface area (Å²) in [4.78, 5) is 4.35. The number of rotatable bonds is 6. The number of nitrogens with zero attached hydrogens (tertiary/aromatic N) is 1. The van der Waals surface area contributed by atoms with Gasteiger partial charge in [-0.05, 0) is 103 Å². The standard InChI is InChI=1S/C29H43NO4/c1-18(17-34-27-19(16-31)6-5-13-30-27)22-7-8-23-21-15-26(33-4)25-14-20(32)9-11-29(25,3)24(21)10-12-28(22,23)2/h5-6,13,18,20-24,31-32H,7-12,14-17H2,1-4H3/t18-,20+,21+,22-,23+,24+,28-,29-/m1/s1. The van der Waals surface area contributed by atoms with E-state index < -0.39 is 0 Å². The highest BCUT2D eigenvalue weighted by Gasteiger charge is 2.60. The number of aliphatic hydroxyl groups is 2. The predicted molar refractivity (Wildman–Crippen MR) is 132 cm³/mol. The van der Waals surface area contributed by atoms with E-state index in [1.165, 1.54) is 37.0 Å². The number of allylic oxidation sites excluding steroid dienone is 1. The summed E-state index contributed by atoms with van der Waals surface area (Å²) in [6, 6.07) is 3.72. The summed E-state index contributed by atoms with van der Waals surface area (Å²) in [6.45, 7) is 7.97. The van der Waals surface area contributed by atoms with Crippen molar-refractivity contribution in [2.24, 2.45) is 40.4 Å². The van der Waals surface area contributed by atoms with E-state index in [0.717, 1.165) is 37.2 Å². The van der Waals surface area contributed by atoms with Gasteiger partial charge in [-0.1, -0.05) is 20.8 Å². The number of hydrogen-bond donors (Lipinski definition) is 2. The highest BCUT2D eigenvalue weighted by atomic mass is 16.5. The lowest BCUT2D eigenvalue weighted by atomic mass is 9.46. The molecule has 5 heteroatoms. The van der Waals surface area contributed by atoms with Crippen molar-refractivity contribution < 1.29 is 19.7 Å². The Morgan fingerprint density at radius 1 is 1.12 bits per heavy atom. The van der Waals surface area contributed by atoms with Gasteiger partial charge in [-0.2, -0.15) is 0 Å². The molecule has 2 N–H and O–H groups in total. The van der Waals surface area contributed by atoms with Gasteiger partial charge in [-0.15, -0.1) is 0 Å². The van der Waals surface area contributed by atoms with Gasteiger partial charge in [0.1, 0.15) is 0 Å². The van der Waals surface area contributed by atoms with Gasteiger partial charge in [0.25, 0.3) is 0 Å². The van der Waals surface area contributed by atoms with Crippen molar-refractivity contribution in [2.45, 2.75) is 84.8 Å². The molecule has 4 aliphatic carbocycles. The molecule has 0 spiro atoms. The fourth-order valence-corrected chi connectivity index (χ4v) is 8.91. The van der Waals surface area contributed by atoms with E-state index in [0.29, 0.717) is 41.6 Å². The molecule has 0 unspecified atom stereocenters. The number of hydrogen-bond acceptors (Lipinski definition) is 5. The molecule has 188 valence electrons. The van der Waals surface area contributed by atoms with Gasteiger partial charge >= 0.3 is 0 Å². The first-order chi connectivity index (χ1) is 16.3. The van der Waals surface area contributed by atoms with Crippen molar-refractivity contribution in [1.82, 2.24) is 4.98 Å². The zero-order chi connectivity index (χ0) is 24.1. The lowest BCUT2D eigenvalue weighted by molar-refractivity contribution is -0.0697. The van der Waals surface area contributed by atoms with Crippen molar-refractivity contribution in [1.29, 1.82) is 0 Å². The SMILES string of the molecule is COC1=C2C[C@@H](O)CC[C@]2(C)[C@H]2CC[C@]3(C)[C@@H]([C@H](C)COc4ncccc4CO)CC[C@H]3[C@@H]2C1. The Bertz CT molecular complexity index is 930. The first-order valence-electron chi connectivity index (χ1n) is 13.4. The summed E-state index contributed by atoms with van der Waals surface area (Å²) in [7, 11) is 1.83. The molecule has 5 rings (SSSR count). The fraction of sp³-hybridized carbons (Fsp3) is 0.759. The summed E-state index contributed by atoms with van der Waals surface area (Å²) < 4.78 is 12.2. The third kappa shape index (κ3) is 3.78. The van der Waals surface area contributed by atoms with Gasteiger partial charge in [0.05, 0.1) is 32.2 Å². The Hall–Kier alpha value is -1.59. The lowest BCUT2D eigenvalue weighted by Crippen LogP contribution is -2.52. The zero-order valence-electron chi connectivity index (χ0n) is 21.4. The van der Waals surface area contributed by atoms with Crippen LogP contribution >= 0.6 is 0 Å². The van der Waals surface area contributed by atoms with Crippen LogP contribution in [0.2, 0.25) is 0 Å². The third-order valence-corrected chi connectivity index (χ3v) is 10.6. The molecule has 0 radical (unpaired) electrons. The van der Waals surface area contributed by atoms with Gasteiger partial charge in [0.15, 0.2) is 0 Å². The minimum atomic E-state index is -0.208. The van der Waals surface area contributed by atoms with Crippen LogP contribution in [0.15, 0.2) is 29.7 Å². The maximum absolute atomic E-state index is 10.4. The molecular formula is C29H43NO4. The van der Waals surface area contributed by atoms with Crippen LogP contribution in [-0.2, 0) is 11.3 Å². The van der Waals surface area contributed by atoms with Crippen LogP contribution in [0.1, 0.15) is 77.7 Å². The van der Waals surface area contributed by atoms with Gasteiger partial charge in [0, 0.05) is 18.2 Å². The number of aliphatic hydroxyl groups excluding tert-OH is 2. The first-order valence-corrected chi connectivity index (χ1v) is 13.4. The Morgan fingerprint density at radius 2 is 1.94 bits per heavy atom. The summed E-state index contributed by atoms with van der Waals surface area (Å²) in [5, 5.41) is 20.0. The molecule has 1 aromatic rings. The second-order valence-electron chi connectivity index (χ2n) is 12.1. The molecule has 3 saturated carbocycles. The third-order valence-electron chi connectivity index (χ3n) is 10.6. The van der Waals surface area contributed by atoms with E-state index in [1.807, 2.05) is 19.2 Å².